The molecule has 0 bridgehead atoms. The van der Waals surface area contributed by atoms with Gasteiger partial charge in [-0.05, 0) is 24.6 Å². The Bertz CT molecular complexity index is 575. The topological polar surface area (TPSA) is 56.7 Å². The van der Waals surface area contributed by atoms with E-state index in [1.165, 1.54) is 0 Å². The van der Waals surface area contributed by atoms with Crippen LogP contribution in [0.25, 0.3) is 5.69 Å². The van der Waals surface area contributed by atoms with Crippen LogP contribution in [0.4, 0.5) is 0 Å². The minimum atomic E-state index is -0.0397. The zero-order valence-electron chi connectivity index (χ0n) is 11.5. The van der Waals surface area contributed by atoms with E-state index in [4.69, 9.17) is 5.73 Å². The molecule has 1 atom stereocenters. The van der Waals surface area contributed by atoms with E-state index in [0.29, 0.717) is 0 Å². The first kappa shape index (κ1) is 14.2. The third kappa shape index (κ3) is 2.87. The van der Waals surface area contributed by atoms with Crippen molar-refractivity contribution in [3.8, 4) is 5.69 Å². The molecule has 0 aliphatic carbocycles. The average molecular weight is 323 g/mol. The Hall–Kier alpha value is -1.20. The predicted octanol–water partition coefficient (Wildman–Crippen LogP) is 3.17. The van der Waals surface area contributed by atoms with Gasteiger partial charge in [-0.2, -0.15) is 5.10 Å². The van der Waals surface area contributed by atoms with Gasteiger partial charge >= 0.3 is 0 Å². The molecule has 1 unspecified atom stereocenters. The summed E-state index contributed by atoms with van der Waals surface area (Å²) in [4.78, 5) is 4.55. The molecule has 5 heteroatoms. The first-order valence-corrected chi connectivity index (χ1v) is 7.36. The third-order valence-corrected chi connectivity index (χ3v) is 3.55. The molecule has 1 heterocycles. The Morgan fingerprint density at radius 3 is 2.63 bits per heavy atom. The lowest BCUT2D eigenvalue weighted by atomic mass is 10.1. The lowest BCUT2D eigenvalue weighted by Crippen LogP contribution is -2.12. The van der Waals surface area contributed by atoms with Crippen LogP contribution >= 0.6 is 15.9 Å². The fourth-order valence-electron chi connectivity index (χ4n) is 2.05. The highest BCUT2D eigenvalue weighted by Gasteiger charge is 2.15. The van der Waals surface area contributed by atoms with E-state index in [9.17, 15) is 0 Å². The quantitative estimate of drug-likeness (QED) is 0.940. The minimum absolute atomic E-state index is 0.0397. The Morgan fingerprint density at radius 1 is 1.32 bits per heavy atom. The molecule has 1 aromatic carbocycles. The van der Waals surface area contributed by atoms with Crippen molar-refractivity contribution in [1.82, 2.24) is 14.8 Å². The fraction of sp³-hybridized carbons (Fsp3) is 0.429. The molecule has 0 aliphatic rings. The maximum absolute atomic E-state index is 6.06. The largest absolute Gasteiger partial charge is 0.324 e. The summed E-state index contributed by atoms with van der Waals surface area (Å²) in [6.45, 7) is 6.13. The van der Waals surface area contributed by atoms with Gasteiger partial charge in [0.2, 0.25) is 0 Å². The maximum atomic E-state index is 6.06. The van der Waals surface area contributed by atoms with Gasteiger partial charge in [0.05, 0.1) is 5.69 Å². The van der Waals surface area contributed by atoms with E-state index in [0.717, 1.165) is 40.2 Å². The van der Waals surface area contributed by atoms with Crippen LogP contribution in [0, 0.1) is 0 Å². The Balaban J connectivity index is 2.63. The van der Waals surface area contributed by atoms with Crippen molar-refractivity contribution < 1.29 is 0 Å². The van der Waals surface area contributed by atoms with Gasteiger partial charge in [0.1, 0.15) is 5.82 Å². The summed E-state index contributed by atoms with van der Waals surface area (Å²) in [5.41, 5.74) is 8.14. The van der Waals surface area contributed by atoms with Gasteiger partial charge in [0, 0.05) is 23.4 Å². The zero-order valence-corrected chi connectivity index (χ0v) is 13.1. The van der Waals surface area contributed by atoms with Crippen molar-refractivity contribution in [2.45, 2.75) is 39.7 Å². The van der Waals surface area contributed by atoms with E-state index in [2.05, 4.69) is 39.9 Å². The Morgan fingerprint density at radius 2 is 2.05 bits per heavy atom. The van der Waals surface area contributed by atoms with Crippen LogP contribution in [0.15, 0.2) is 22.7 Å². The van der Waals surface area contributed by atoms with Crippen LogP contribution in [0.2, 0.25) is 0 Å². The Labute approximate surface area is 122 Å². The maximum Gasteiger partial charge on any atom is 0.151 e. The Kier molecular flexibility index (Phi) is 4.37. The summed E-state index contributed by atoms with van der Waals surface area (Å²) >= 11 is 3.51. The van der Waals surface area contributed by atoms with E-state index in [-0.39, 0.29) is 6.04 Å². The van der Waals surface area contributed by atoms with Crippen LogP contribution in [-0.2, 0) is 12.8 Å². The van der Waals surface area contributed by atoms with Gasteiger partial charge in [-0.15, -0.1) is 0 Å². The van der Waals surface area contributed by atoms with E-state index in [1.54, 1.807) is 0 Å². The van der Waals surface area contributed by atoms with Crippen molar-refractivity contribution >= 4 is 15.9 Å². The molecule has 4 nitrogen and oxygen atoms in total. The second-order valence-corrected chi connectivity index (χ2v) is 5.47. The molecule has 2 rings (SSSR count). The van der Waals surface area contributed by atoms with Crippen LogP contribution in [0.1, 0.15) is 44.0 Å². The zero-order chi connectivity index (χ0) is 14.0. The van der Waals surface area contributed by atoms with Gasteiger partial charge in [-0.3, -0.25) is 0 Å². The predicted molar refractivity (Wildman–Crippen MR) is 80.4 cm³/mol. The van der Waals surface area contributed by atoms with Crippen LogP contribution in [-0.4, -0.2) is 14.8 Å². The van der Waals surface area contributed by atoms with Crippen LogP contribution < -0.4 is 5.73 Å². The summed E-state index contributed by atoms with van der Waals surface area (Å²) < 4.78 is 2.94. The molecule has 0 saturated heterocycles. The molecule has 1 aromatic heterocycles. The molecule has 0 amide bonds. The minimum Gasteiger partial charge on any atom is -0.324 e. The van der Waals surface area contributed by atoms with Crippen molar-refractivity contribution in [2.75, 3.05) is 0 Å². The van der Waals surface area contributed by atoms with Gasteiger partial charge < -0.3 is 5.73 Å². The molecule has 0 aliphatic heterocycles. The fourth-order valence-corrected chi connectivity index (χ4v) is 2.40. The molecular weight excluding hydrogens is 304 g/mol. The molecular formula is C14H19BrN4. The highest BCUT2D eigenvalue weighted by molar-refractivity contribution is 9.10. The molecule has 0 saturated carbocycles. The highest BCUT2D eigenvalue weighted by Crippen LogP contribution is 2.25. The summed E-state index contributed by atoms with van der Waals surface area (Å²) in [7, 11) is 0. The smallest absolute Gasteiger partial charge is 0.151 e. The monoisotopic (exact) mass is 322 g/mol. The molecule has 102 valence electrons. The van der Waals surface area contributed by atoms with E-state index < -0.39 is 0 Å². The molecule has 0 radical (unpaired) electrons. The number of aryl methyl sites for hydroxylation is 2. The third-order valence-electron chi connectivity index (χ3n) is 3.06. The number of nitrogens with two attached hydrogens (primary N) is 1. The summed E-state index contributed by atoms with van der Waals surface area (Å²) in [5.74, 6) is 1.84. The molecule has 2 N–H and O–H groups in total. The SMILES string of the molecule is CCc1nc(CC)n(-c2cc(Br)ccc2C(C)N)n1. The first-order valence-electron chi connectivity index (χ1n) is 6.57. The number of rotatable bonds is 4. The molecule has 2 aromatic rings. The first-order chi connectivity index (χ1) is 9.06. The lowest BCUT2D eigenvalue weighted by Gasteiger charge is -2.14. The standard InChI is InChI=1S/C14H19BrN4/c1-4-13-17-14(5-2)19(18-13)12-8-10(15)6-7-11(12)9(3)16/h6-9H,4-5,16H2,1-3H3. The summed E-state index contributed by atoms with van der Waals surface area (Å²) in [6, 6.07) is 6.05. The number of aromatic nitrogens is 3. The lowest BCUT2D eigenvalue weighted by molar-refractivity contribution is 0.747. The summed E-state index contributed by atoms with van der Waals surface area (Å²) in [6.07, 6.45) is 1.68. The van der Waals surface area contributed by atoms with Gasteiger partial charge in [0.25, 0.3) is 0 Å². The number of halogens is 1. The van der Waals surface area contributed by atoms with Crippen LogP contribution in [0.3, 0.4) is 0 Å². The van der Waals surface area contributed by atoms with Gasteiger partial charge in [0.15, 0.2) is 5.82 Å². The van der Waals surface area contributed by atoms with Crippen LogP contribution in [0.5, 0.6) is 0 Å². The highest BCUT2D eigenvalue weighted by atomic mass is 79.9. The van der Waals surface area contributed by atoms with Crippen molar-refractivity contribution in [3.63, 3.8) is 0 Å². The van der Waals surface area contributed by atoms with Gasteiger partial charge in [-0.25, -0.2) is 9.67 Å². The number of benzene rings is 1. The number of nitrogens with zero attached hydrogens (tertiary/aromatic N) is 3. The molecule has 0 fully saturated rings. The van der Waals surface area contributed by atoms with Crippen molar-refractivity contribution in [1.29, 1.82) is 0 Å². The normalized spacial score (nSPS) is 12.7. The number of hydrogen-bond acceptors (Lipinski definition) is 3. The number of hydrogen-bond donors (Lipinski definition) is 1. The molecule has 19 heavy (non-hydrogen) atoms. The van der Waals surface area contributed by atoms with Gasteiger partial charge in [-0.1, -0.05) is 35.8 Å². The van der Waals surface area contributed by atoms with E-state index in [1.807, 2.05) is 29.8 Å². The van der Waals surface area contributed by atoms with Crippen molar-refractivity contribution in [3.05, 3.63) is 39.9 Å². The second-order valence-electron chi connectivity index (χ2n) is 4.55. The second kappa shape index (κ2) is 5.84. The van der Waals surface area contributed by atoms with Crippen molar-refractivity contribution in [2.24, 2.45) is 5.73 Å². The summed E-state index contributed by atoms with van der Waals surface area (Å²) in [5, 5.41) is 4.58. The average Bonchev–Trinajstić information content (AvgIpc) is 2.81. The van der Waals surface area contributed by atoms with E-state index >= 15 is 0 Å². The molecule has 0 spiro atoms.